The fraction of sp³-hybridized carbons (Fsp3) is 0.875. The second kappa shape index (κ2) is 6.16. The second-order valence-electron chi connectivity index (χ2n) is 3.04. The molecule has 3 heteroatoms. The number of carbonyl (C=O) groups excluding carboxylic acids is 1. The van der Waals surface area contributed by atoms with Crippen LogP contribution < -0.4 is 5.32 Å². The lowest BCUT2D eigenvalue weighted by molar-refractivity contribution is -0.122. The molecular weight excluding hydrogens is 142 g/mol. The molecule has 0 aromatic rings. The second-order valence-corrected chi connectivity index (χ2v) is 3.04. The summed E-state index contributed by atoms with van der Waals surface area (Å²) in [4.78, 5) is 10.8. The predicted molar refractivity (Wildman–Crippen MR) is 43.9 cm³/mol. The van der Waals surface area contributed by atoms with Crippen LogP contribution >= 0.6 is 0 Å². The van der Waals surface area contributed by atoms with Crippen molar-refractivity contribution < 1.29 is 9.90 Å². The lowest BCUT2D eigenvalue weighted by atomic mass is 10.1. The minimum absolute atomic E-state index is 0.0619. The van der Waals surface area contributed by atoms with Gasteiger partial charge in [-0.1, -0.05) is 20.3 Å². The number of hydrogen-bond acceptors (Lipinski definition) is 2. The summed E-state index contributed by atoms with van der Waals surface area (Å²) in [6.45, 7) is 4.01. The van der Waals surface area contributed by atoms with Crippen molar-refractivity contribution in [2.75, 3.05) is 6.73 Å². The van der Waals surface area contributed by atoms with Crippen LogP contribution in [0.2, 0.25) is 0 Å². The lowest BCUT2D eigenvalue weighted by Gasteiger charge is -2.03. The normalized spacial score (nSPS) is 10.2. The Balaban J connectivity index is 3.17. The number of aliphatic hydroxyl groups excluding tert-OH is 1. The van der Waals surface area contributed by atoms with Crippen molar-refractivity contribution in [2.45, 2.75) is 33.1 Å². The number of rotatable bonds is 5. The summed E-state index contributed by atoms with van der Waals surface area (Å²) in [6.07, 6.45) is 2.50. The van der Waals surface area contributed by atoms with Crippen molar-refractivity contribution >= 4 is 5.91 Å². The van der Waals surface area contributed by atoms with Gasteiger partial charge in [-0.3, -0.25) is 4.79 Å². The zero-order valence-corrected chi connectivity index (χ0v) is 7.26. The zero-order chi connectivity index (χ0) is 8.69. The van der Waals surface area contributed by atoms with Gasteiger partial charge in [0.1, 0.15) is 6.73 Å². The molecule has 0 atom stereocenters. The first-order valence-corrected chi connectivity index (χ1v) is 4.04. The quantitative estimate of drug-likeness (QED) is 0.585. The molecule has 0 aliphatic heterocycles. The number of aliphatic hydroxyl groups is 1. The van der Waals surface area contributed by atoms with E-state index in [9.17, 15) is 4.79 Å². The predicted octanol–water partition coefficient (Wildman–Crippen LogP) is 0.879. The van der Waals surface area contributed by atoms with Gasteiger partial charge in [0.15, 0.2) is 0 Å². The van der Waals surface area contributed by atoms with E-state index in [4.69, 9.17) is 5.11 Å². The third-order valence-corrected chi connectivity index (χ3v) is 1.46. The van der Waals surface area contributed by atoms with E-state index in [1.165, 1.54) is 0 Å². The summed E-state index contributed by atoms with van der Waals surface area (Å²) in [5, 5.41) is 10.6. The summed E-state index contributed by atoms with van der Waals surface area (Å²) in [7, 11) is 0. The molecule has 66 valence electrons. The van der Waals surface area contributed by atoms with Crippen LogP contribution in [0.25, 0.3) is 0 Å². The van der Waals surface area contributed by atoms with Crippen molar-refractivity contribution in [2.24, 2.45) is 5.92 Å². The fourth-order valence-electron chi connectivity index (χ4n) is 0.847. The SMILES string of the molecule is CC(C)CCCC(=O)NCO. The van der Waals surface area contributed by atoms with E-state index in [-0.39, 0.29) is 12.6 Å². The highest BCUT2D eigenvalue weighted by molar-refractivity contribution is 5.75. The minimum Gasteiger partial charge on any atom is -0.377 e. The third-order valence-electron chi connectivity index (χ3n) is 1.46. The largest absolute Gasteiger partial charge is 0.377 e. The first-order chi connectivity index (χ1) is 5.16. The Hall–Kier alpha value is -0.570. The van der Waals surface area contributed by atoms with E-state index in [1.807, 2.05) is 0 Å². The van der Waals surface area contributed by atoms with Crippen LogP contribution in [0.4, 0.5) is 0 Å². The van der Waals surface area contributed by atoms with Crippen LogP contribution in [0, 0.1) is 5.92 Å². The fourth-order valence-corrected chi connectivity index (χ4v) is 0.847. The van der Waals surface area contributed by atoms with Crippen LogP contribution in [0.15, 0.2) is 0 Å². The first kappa shape index (κ1) is 10.4. The molecule has 0 fully saturated rings. The molecule has 0 bridgehead atoms. The van der Waals surface area contributed by atoms with Gasteiger partial charge < -0.3 is 10.4 Å². The molecule has 0 rings (SSSR count). The first-order valence-electron chi connectivity index (χ1n) is 4.04. The molecule has 0 aromatic heterocycles. The van der Waals surface area contributed by atoms with E-state index in [2.05, 4.69) is 19.2 Å². The minimum atomic E-state index is -0.249. The maximum atomic E-state index is 10.8. The highest BCUT2D eigenvalue weighted by Gasteiger charge is 1.99. The average molecular weight is 159 g/mol. The summed E-state index contributed by atoms with van der Waals surface area (Å²) in [6, 6.07) is 0. The molecule has 0 aliphatic rings. The highest BCUT2D eigenvalue weighted by Crippen LogP contribution is 2.05. The van der Waals surface area contributed by atoms with Gasteiger partial charge in [-0.2, -0.15) is 0 Å². The maximum absolute atomic E-state index is 10.8. The molecule has 3 nitrogen and oxygen atoms in total. The number of hydrogen-bond donors (Lipinski definition) is 2. The number of nitrogens with one attached hydrogen (secondary N) is 1. The van der Waals surface area contributed by atoms with Crippen molar-refractivity contribution in [3.05, 3.63) is 0 Å². The molecule has 2 N–H and O–H groups in total. The summed E-state index contributed by atoms with van der Waals surface area (Å²) < 4.78 is 0. The van der Waals surface area contributed by atoms with Crippen LogP contribution in [-0.2, 0) is 4.79 Å². The monoisotopic (exact) mass is 159 g/mol. The van der Waals surface area contributed by atoms with Gasteiger partial charge in [0.25, 0.3) is 0 Å². The molecule has 11 heavy (non-hydrogen) atoms. The summed E-state index contributed by atoms with van der Waals surface area (Å²) >= 11 is 0. The Morgan fingerprint density at radius 3 is 2.64 bits per heavy atom. The Morgan fingerprint density at radius 1 is 1.55 bits per heavy atom. The smallest absolute Gasteiger partial charge is 0.221 e. The molecule has 0 saturated carbocycles. The van der Waals surface area contributed by atoms with Gasteiger partial charge in [0.2, 0.25) is 5.91 Å². The van der Waals surface area contributed by atoms with E-state index in [0.717, 1.165) is 12.8 Å². The van der Waals surface area contributed by atoms with Crippen molar-refractivity contribution in [3.8, 4) is 0 Å². The van der Waals surface area contributed by atoms with E-state index >= 15 is 0 Å². The van der Waals surface area contributed by atoms with Gasteiger partial charge in [0, 0.05) is 6.42 Å². The van der Waals surface area contributed by atoms with Gasteiger partial charge >= 0.3 is 0 Å². The van der Waals surface area contributed by atoms with Gasteiger partial charge in [-0.15, -0.1) is 0 Å². The molecule has 0 aliphatic carbocycles. The Bertz CT molecular complexity index is 113. The van der Waals surface area contributed by atoms with Crippen LogP contribution in [-0.4, -0.2) is 17.7 Å². The molecule has 1 amide bonds. The van der Waals surface area contributed by atoms with E-state index < -0.39 is 0 Å². The third kappa shape index (κ3) is 7.33. The maximum Gasteiger partial charge on any atom is 0.221 e. The van der Waals surface area contributed by atoms with Crippen LogP contribution in [0.3, 0.4) is 0 Å². The molecule has 0 aromatic carbocycles. The Kier molecular flexibility index (Phi) is 5.84. The number of carbonyl (C=O) groups is 1. The molecular formula is C8H17NO2. The molecule has 0 heterocycles. The van der Waals surface area contributed by atoms with Crippen molar-refractivity contribution in [3.63, 3.8) is 0 Å². The van der Waals surface area contributed by atoms with E-state index in [0.29, 0.717) is 12.3 Å². The lowest BCUT2D eigenvalue weighted by Crippen LogP contribution is -2.23. The van der Waals surface area contributed by atoms with Gasteiger partial charge in [-0.25, -0.2) is 0 Å². The number of amides is 1. The molecule has 0 saturated heterocycles. The summed E-state index contributed by atoms with van der Waals surface area (Å²) in [5.41, 5.74) is 0. The standard InChI is InChI=1S/C8H17NO2/c1-7(2)4-3-5-8(11)9-6-10/h7,10H,3-6H2,1-2H3,(H,9,11). The molecule has 0 unspecified atom stereocenters. The average Bonchev–Trinajstić information content (AvgIpc) is 1.87. The van der Waals surface area contributed by atoms with Crippen molar-refractivity contribution in [1.29, 1.82) is 0 Å². The van der Waals surface area contributed by atoms with Gasteiger partial charge in [0.05, 0.1) is 0 Å². The zero-order valence-electron chi connectivity index (χ0n) is 7.26. The Labute approximate surface area is 67.8 Å². The van der Waals surface area contributed by atoms with Crippen LogP contribution in [0.5, 0.6) is 0 Å². The van der Waals surface area contributed by atoms with Crippen LogP contribution in [0.1, 0.15) is 33.1 Å². The molecule has 0 spiro atoms. The van der Waals surface area contributed by atoms with Gasteiger partial charge in [-0.05, 0) is 12.3 Å². The van der Waals surface area contributed by atoms with E-state index in [1.54, 1.807) is 0 Å². The highest BCUT2D eigenvalue weighted by atomic mass is 16.3. The summed E-state index contributed by atoms with van der Waals surface area (Å²) in [5.74, 6) is 0.588. The van der Waals surface area contributed by atoms with Crippen molar-refractivity contribution in [1.82, 2.24) is 5.32 Å². The Morgan fingerprint density at radius 2 is 2.18 bits per heavy atom. The topological polar surface area (TPSA) is 49.3 Å². The molecule has 0 radical (unpaired) electrons.